The van der Waals surface area contributed by atoms with Crippen LogP contribution in [-0.2, 0) is 6.42 Å². The summed E-state index contributed by atoms with van der Waals surface area (Å²) in [7, 11) is 0. The van der Waals surface area contributed by atoms with E-state index in [1.54, 1.807) is 0 Å². The third-order valence-corrected chi connectivity index (χ3v) is 3.93. The maximum Gasteiger partial charge on any atom is 0.152 e. The van der Waals surface area contributed by atoms with Gasteiger partial charge in [-0.3, -0.25) is 0 Å². The van der Waals surface area contributed by atoms with E-state index < -0.39 is 11.6 Å². The van der Waals surface area contributed by atoms with Crippen molar-refractivity contribution in [2.75, 3.05) is 5.43 Å². The van der Waals surface area contributed by atoms with Crippen LogP contribution in [0.2, 0.25) is 0 Å². The van der Waals surface area contributed by atoms with Crippen molar-refractivity contribution in [2.45, 2.75) is 13.3 Å². The van der Waals surface area contributed by atoms with Crippen molar-refractivity contribution in [1.82, 2.24) is 9.97 Å². The lowest BCUT2D eigenvalue weighted by Crippen LogP contribution is -2.11. The number of nitrogens with one attached hydrogen (secondary N) is 1. The molecule has 3 rings (SSSR count). The number of anilines is 1. The van der Waals surface area contributed by atoms with Crippen molar-refractivity contribution in [2.24, 2.45) is 5.84 Å². The van der Waals surface area contributed by atoms with Gasteiger partial charge in [-0.15, -0.1) is 11.3 Å². The fraction of sp³-hybridized carbons (Fsp3) is 0.143. The first-order valence-corrected chi connectivity index (χ1v) is 7.05. The molecule has 0 unspecified atom stereocenters. The summed E-state index contributed by atoms with van der Waals surface area (Å²) in [6, 6.07) is 5.32. The summed E-state index contributed by atoms with van der Waals surface area (Å²) in [6.45, 7) is 1.97. The van der Waals surface area contributed by atoms with E-state index in [-0.39, 0.29) is 6.42 Å². The summed E-state index contributed by atoms with van der Waals surface area (Å²) < 4.78 is 26.4. The molecule has 2 heterocycles. The Balaban J connectivity index is 2.03. The minimum Gasteiger partial charge on any atom is -0.308 e. The molecule has 2 aromatic heterocycles. The van der Waals surface area contributed by atoms with Gasteiger partial charge < -0.3 is 5.43 Å². The average molecular weight is 306 g/mol. The van der Waals surface area contributed by atoms with Crippen LogP contribution in [0.1, 0.15) is 16.3 Å². The second kappa shape index (κ2) is 5.34. The van der Waals surface area contributed by atoms with Gasteiger partial charge in [0.2, 0.25) is 0 Å². The second-order valence-corrected chi connectivity index (χ2v) is 5.90. The molecular weight excluding hydrogens is 294 g/mol. The molecule has 0 spiro atoms. The number of aryl methyl sites for hydroxylation is 1. The summed E-state index contributed by atoms with van der Waals surface area (Å²) in [5, 5.41) is 0.842. The smallest absolute Gasteiger partial charge is 0.152 e. The molecule has 0 bridgehead atoms. The Bertz CT molecular complexity index is 796. The van der Waals surface area contributed by atoms with Crippen molar-refractivity contribution < 1.29 is 8.78 Å². The predicted octanol–water partition coefficient (Wildman–Crippen LogP) is 3.15. The van der Waals surface area contributed by atoms with Crippen LogP contribution in [0.5, 0.6) is 0 Å². The Morgan fingerprint density at radius 3 is 2.52 bits per heavy atom. The fourth-order valence-electron chi connectivity index (χ4n) is 2.17. The normalized spacial score (nSPS) is 11.0. The number of hydrazine groups is 1. The molecule has 0 aliphatic carbocycles. The van der Waals surface area contributed by atoms with E-state index in [1.165, 1.54) is 23.5 Å². The van der Waals surface area contributed by atoms with E-state index in [0.717, 1.165) is 21.2 Å². The second-order valence-electron chi connectivity index (χ2n) is 4.66. The van der Waals surface area contributed by atoms with Crippen LogP contribution in [0.3, 0.4) is 0 Å². The number of rotatable bonds is 3. The van der Waals surface area contributed by atoms with E-state index in [1.807, 2.05) is 13.0 Å². The van der Waals surface area contributed by atoms with Gasteiger partial charge in [-0.1, -0.05) is 0 Å². The first-order chi connectivity index (χ1) is 10.0. The molecule has 108 valence electrons. The van der Waals surface area contributed by atoms with Crippen molar-refractivity contribution in [3.8, 4) is 0 Å². The number of thiophene rings is 1. The molecule has 0 saturated carbocycles. The molecular formula is C14H12F2N4S. The number of hydrogen-bond acceptors (Lipinski definition) is 5. The van der Waals surface area contributed by atoms with E-state index >= 15 is 0 Å². The Morgan fingerprint density at radius 1 is 1.14 bits per heavy atom. The molecule has 4 nitrogen and oxygen atoms in total. The lowest BCUT2D eigenvalue weighted by atomic mass is 10.1. The monoisotopic (exact) mass is 306 g/mol. The SMILES string of the molecule is Cc1cc2c(NN)nc(Cc3cc(F)cc(F)c3)nc2s1. The van der Waals surface area contributed by atoms with Gasteiger partial charge in [0.15, 0.2) is 5.82 Å². The zero-order valence-corrected chi connectivity index (χ0v) is 12.0. The average Bonchev–Trinajstić information content (AvgIpc) is 2.76. The highest BCUT2D eigenvalue weighted by atomic mass is 32.1. The number of halogens is 2. The van der Waals surface area contributed by atoms with Crippen LogP contribution < -0.4 is 11.3 Å². The molecule has 7 heteroatoms. The Kier molecular flexibility index (Phi) is 3.52. The van der Waals surface area contributed by atoms with Gasteiger partial charge in [0.25, 0.3) is 0 Å². The molecule has 0 radical (unpaired) electrons. The molecule has 1 aromatic carbocycles. The Morgan fingerprint density at radius 2 is 1.86 bits per heavy atom. The number of hydrogen-bond donors (Lipinski definition) is 2. The van der Waals surface area contributed by atoms with Gasteiger partial charge in [0.1, 0.15) is 22.3 Å². The molecule has 0 saturated heterocycles. The molecule has 3 N–H and O–H groups in total. The molecule has 21 heavy (non-hydrogen) atoms. The predicted molar refractivity (Wildman–Crippen MR) is 79.1 cm³/mol. The highest BCUT2D eigenvalue weighted by Crippen LogP contribution is 2.28. The van der Waals surface area contributed by atoms with E-state index in [0.29, 0.717) is 17.2 Å². The van der Waals surface area contributed by atoms with Crippen molar-refractivity contribution in [3.63, 3.8) is 0 Å². The number of nitrogens with two attached hydrogens (primary N) is 1. The zero-order chi connectivity index (χ0) is 15.0. The topological polar surface area (TPSA) is 63.8 Å². The maximum absolute atomic E-state index is 13.2. The van der Waals surface area contributed by atoms with Crippen LogP contribution in [-0.4, -0.2) is 9.97 Å². The van der Waals surface area contributed by atoms with Crippen molar-refractivity contribution >= 4 is 27.4 Å². The number of nitrogen functional groups attached to an aromatic ring is 1. The first-order valence-electron chi connectivity index (χ1n) is 6.24. The summed E-state index contributed by atoms with van der Waals surface area (Å²) >= 11 is 1.52. The number of fused-ring (bicyclic) bond motifs is 1. The van der Waals surface area contributed by atoms with E-state index in [4.69, 9.17) is 5.84 Å². The van der Waals surface area contributed by atoms with E-state index in [2.05, 4.69) is 15.4 Å². The maximum atomic E-state index is 13.2. The molecule has 0 fully saturated rings. The highest BCUT2D eigenvalue weighted by molar-refractivity contribution is 7.18. The molecule has 0 atom stereocenters. The third kappa shape index (κ3) is 2.84. The lowest BCUT2D eigenvalue weighted by molar-refractivity contribution is 0.580. The van der Waals surface area contributed by atoms with E-state index in [9.17, 15) is 8.78 Å². The molecule has 0 aliphatic heterocycles. The Labute approximate surface area is 123 Å². The van der Waals surface area contributed by atoms with Gasteiger partial charge in [-0.05, 0) is 30.7 Å². The third-order valence-electron chi connectivity index (χ3n) is 2.98. The summed E-state index contributed by atoms with van der Waals surface area (Å²) in [5.41, 5.74) is 3.01. The van der Waals surface area contributed by atoms with Gasteiger partial charge in [-0.2, -0.15) is 0 Å². The minimum absolute atomic E-state index is 0.232. The van der Waals surface area contributed by atoms with Crippen LogP contribution in [0.25, 0.3) is 10.2 Å². The first kappa shape index (κ1) is 13.8. The molecule has 3 aromatic rings. The zero-order valence-electron chi connectivity index (χ0n) is 11.2. The number of aromatic nitrogens is 2. The van der Waals surface area contributed by atoms with Crippen LogP contribution in [0.15, 0.2) is 24.3 Å². The van der Waals surface area contributed by atoms with Gasteiger partial charge in [-0.25, -0.2) is 24.6 Å². The van der Waals surface area contributed by atoms with Gasteiger partial charge >= 0.3 is 0 Å². The van der Waals surface area contributed by atoms with Gasteiger partial charge in [0.05, 0.1) is 5.39 Å². The quantitative estimate of drug-likeness (QED) is 0.576. The van der Waals surface area contributed by atoms with Gasteiger partial charge in [0, 0.05) is 17.4 Å². The lowest BCUT2D eigenvalue weighted by Gasteiger charge is -2.05. The standard InChI is InChI=1S/C14H12F2N4S/c1-7-2-11-13(20-17)18-12(19-14(11)21-7)5-8-3-9(15)6-10(16)4-8/h2-4,6H,5,17H2,1H3,(H,18,19,20). The van der Waals surface area contributed by atoms with Crippen LogP contribution in [0, 0.1) is 18.6 Å². The number of benzene rings is 1. The van der Waals surface area contributed by atoms with Crippen molar-refractivity contribution in [1.29, 1.82) is 0 Å². The highest BCUT2D eigenvalue weighted by Gasteiger charge is 2.11. The summed E-state index contributed by atoms with van der Waals surface area (Å²) in [4.78, 5) is 10.6. The summed E-state index contributed by atoms with van der Waals surface area (Å²) in [5.74, 6) is 5.22. The van der Waals surface area contributed by atoms with Crippen LogP contribution in [0.4, 0.5) is 14.6 Å². The fourth-order valence-corrected chi connectivity index (χ4v) is 3.07. The molecule has 0 aliphatic rings. The van der Waals surface area contributed by atoms with Crippen LogP contribution >= 0.6 is 11.3 Å². The van der Waals surface area contributed by atoms with Crippen molar-refractivity contribution in [3.05, 3.63) is 52.2 Å². The number of nitrogens with zero attached hydrogens (tertiary/aromatic N) is 2. The minimum atomic E-state index is -0.616. The molecule has 0 amide bonds. The summed E-state index contributed by atoms with van der Waals surface area (Å²) in [6.07, 6.45) is 0.232. The largest absolute Gasteiger partial charge is 0.308 e. The Hall–Kier alpha value is -2.12.